The monoisotopic (exact) mass is 298 g/mol. The zero-order chi connectivity index (χ0) is 11.9. The predicted molar refractivity (Wildman–Crippen MR) is 55.6 cm³/mol. The van der Waals surface area contributed by atoms with Crippen molar-refractivity contribution in [3.63, 3.8) is 0 Å². The molecule has 0 heterocycles. The molecular formula is C10H24O4Zr. The first kappa shape index (κ1) is 15.7. The van der Waals surface area contributed by atoms with Crippen molar-refractivity contribution in [2.24, 2.45) is 11.8 Å². The predicted octanol–water partition coefficient (Wildman–Crippen LogP) is 2.44. The molecule has 0 N–H and O–H groups in total. The molecule has 0 saturated heterocycles. The van der Waals surface area contributed by atoms with Crippen molar-refractivity contribution in [3.05, 3.63) is 0 Å². The van der Waals surface area contributed by atoms with Crippen molar-refractivity contribution in [1.29, 1.82) is 0 Å². The Kier molecular flexibility index (Phi) is 8.29. The van der Waals surface area contributed by atoms with Gasteiger partial charge in [-0.2, -0.15) is 0 Å². The van der Waals surface area contributed by atoms with Crippen LogP contribution in [0, 0.1) is 11.8 Å². The van der Waals surface area contributed by atoms with E-state index in [-0.39, 0.29) is 0 Å². The number of hydrogen-bond donors (Lipinski definition) is 0. The normalized spacial score (nSPS) is 12.8. The Balaban J connectivity index is 4.17. The summed E-state index contributed by atoms with van der Waals surface area (Å²) < 4.78 is 22.0. The van der Waals surface area contributed by atoms with Crippen LogP contribution in [0.5, 0.6) is 0 Å². The topological polar surface area (TPSA) is 36.9 Å². The summed E-state index contributed by atoms with van der Waals surface area (Å²) in [7, 11) is 3.19. The first-order valence-corrected chi connectivity index (χ1v) is 9.35. The molecule has 0 unspecified atom stereocenters. The molecule has 0 rings (SSSR count). The van der Waals surface area contributed by atoms with E-state index in [1.54, 1.807) is 14.2 Å². The standard InChI is InChI=1S/2C4H9O.2CH3O.Zr/c2*1-4(2)3-5;2*1-2;/h2*4H,3H2,1-2H3;2*1H3;/q4*-1;+4. The minimum absolute atomic E-state index is 0.453. The SMILES string of the molecule is C[O][Zr]([O]C)([O]CC(C)C)[O]CC(C)C. The molecule has 0 saturated carbocycles. The van der Waals surface area contributed by atoms with Crippen molar-refractivity contribution in [3.8, 4) is 0 Å². The molecule has 15 heavy (non-hydrogen) atoms. The maximum atomic E-state index is 5.68. The minimum atomic E-state index is -3.65. The number of hydrogen-bond acceptors (Lipinski definition) is 4. The van der Waals surface area contributed by atoms with E-state index in [9.17, 15) is 0 Å². The summed E-state index contributed by atoms with van der Waals surface area (Å²) in [6.45, 7) is 9.59. The van der Waals surface area contributed by atoms with Crippen LogP contribution in [0.15, 0.2) is 0 Å². The van der Waals surface area contributed by atoms with E-state index in [1.165, 1.54) is 0 Å². The zero-order valence-electron chi connectivity index (χ0n) is 10.7. The Morgan fingerprint density at radius 2 is 1.13 bits per heavy atom. The van der Waals surface area contributed by atoms with E-state index < -0.39 is 22.0 Å². The van der Waals surface area contributed by atoms with E-state index in [2.05, 4.69) is 27.7 Å². The molecule has 0 aromatic carbocycles. The second-order valence-electron chi connectivity index (χ2n) is 4.32. The molecule has 0 bridgehead atoms. The van der Waals surface area contributed by atoms with Crippen molar-refractivity contribution in [2.75, 3.05) is 27.4 Å². The second kappa shape index (κ2) is 7.91. The van der Waals surface area contributed by atoms with Crippen molar-refractivity contribution in [2.45, 2.75) is 27.7 Å². The molecule has 0 aromatic heterocycles. The number of rotatable bonds is 8. The Morgan fingerprint density at radius 1 is 0.800 bits per heavy atom. The van der Waals surface area contributed by atoms with E-state index in [1.807, 2.05) is 0 Å². The van der Waals surface area contributed by atoms with Crippen LogP contribution in [0.4, 0.5) is 0 Å². The summed E-state index contributed by atoms with van der Waals surface area (Å²) in [6, 6.07) is 0. The van der Waals surface area contributed by atoms with Crippen LogP contribution in [0.1, 0.15) is 27.7 Å². The fourth-order valence-corrected chi connectivity index (χ4v) is 5.31. The summed E-state index contributed by atoms with van der Waals surface area (Å²) in [5.41, 5.74) is 0. The molecule has 0 amide bonds. The molecule has 0 spiro atoms. The van der Waals surface area contributed by atoms with E-state index in [4.69, 9.17) is 11.3 Å². The van der Waals surface area contributed by atoms with Crippen molar-refractivity contribution in [1.82, 2.24) is 0 Å². The van der Waals surface area contributed by atoms with Gasteiger partial charge in [-0.25, -0.2) is 0 Å². The van der Waals surface area contributed by atoms with Gasteiger partial charge in [0.2, 0.25) is 0 Å². The van der Waals surface area contributed by atoms with Gasteiger partial charge < -0.3 is 0 Å². The van der Waals surface area contributed by atoms with Gasteiger partial charge >= 0.3 is 100 Å². The van der Waals surface area contributed by atoms with Gasteiger partial charge in [0.25, 0.3) is 0 Å². The molecule has 4 nitrogen and oxygen atoms in total. The van der Waals surface area contributed by atoms with Crippen LogP contribution in [0.25, 0.3) is 0 Å². The summed E-state index contributed by atoms with van der Waals surface area (Å²) in [4.78, 5) is 0. The third-order valence-electron chi connectivity index (χ3n) is 1.69. The summed E-state index contributed by atoms with van der Waals surface area (Å²) >= 11 is -3.65. The summed E-state index contributed by atoms with van der Waals surface area (Å²) in [5.74, 6) is 0.906. The zero-order valence-corrected chi connectivity index (χ0v) is 13.2. The molecule has 0 aromatic rings. The van der Waals surface area contributed by atoms with Gasteiger partial charge in [0.05, 0.1) is 0 Å². The van der Waals surface area contributed by atoms with Crippen molar-refractivity contribution < 1.29 is 33.3 Å². The molecular weight excluding hydrogens is 275 g/mol. The molecule has 0 fully saturated rings. The first-order valence-electron chi connectivity index (χ1n) is 5.34. The van der Waals surface area contributed by atoms with Gasteiger partial charge in [-0.3, -0.25) is 0 Å². The molecule has 5 heteroatoms. The fourth-order valence-electron chi connectivity index (χ4n) is 0.898. The van der Waals surface area contributed by atoms with E-state index >= 15 is 0 Å². The quantitative estimate of drug-likeness (QED) is 0.690. The maximum absolute atomic E-state index is 5.68. The van der Waals surface area contributed by atoms with Crippen LogP contribution in [-0.2, 0) is 33.3 Å². The van der Waals surface area contributed by atoms with Crippen LogP contribution < -0.4 is 0 Å². The Bertz CT molecular complexity index is 144. The van der Waals surface area contributed by atoms with Gasteiger partial charge in [-0.15, -0.1) is 0 Å². The van der Waals surface area contributed by atoms with Crippen LogP contribution in [0.3, 0.4) is 0 Å². The average Bonchev–Trinajstić information content (AvgIpc) is 2.19. The van der Waals surface area contributed by atoms with Gasteiger partial charge in [0.1, 0.15) is 0 Å². The Labute approximate surface area is 100 Å². The molecule has 0 aliphatic heterocycles. The summed E-state index contributed by atoms with van der Waals surface area (Å²) in [5, 5.41) is 0. The Hall–Kier alpha value is 0.723. The van der Waals surface area contributed by atoms with Crippen LogP contribution >= 0.6 is 0 Å². The van der Waals surface area contributed by atoms with Gasteiger partial charge in [-0.05, 0) is 0 Å². The van der Waals surface area contributed by atoms with E-state index in [0.29, 0.717) is 25.0 Å². The van der Waals surface area contributed by atoms with Gasteiger partial charge in [-0.1, -0.05) is 0 Å². The van der Waals surface area contributed by atoms with Gasteiger partial charge in [0.15, 0.2) is 0 Å². The fraction of sp³-hybridized carbons (Fsp3) is 1.00. The molecule has 0 aliphatic carbocycles. The average molecular weight is 300 g/mol. The molecule has 0 atom stereocenters. The first-order chi connectivity index (χ1) is 6.95. The molecule has 0 aliphatic rings. The van der Waals surface area contributed by atoms with Crippen LogP contribution in [-0.4, -0.2) is 27.4 Å². The molecule has 92 valence electrons. The summed E-state index contributed by atoms with van der Waals surface area (Å²) in [6.07, 6.45) is 0. The van der Waals surface area contributed by atoms with Crippen LogP contribution in [0.2, 0.25) is 0 Å². The Morgan fingerprint density at radius 3 is 1.33 bits per heavy atom. The third-order valence-corrected chi connectivity index (χ3v) is 6.70. The van der Waals surface area contributed by atoms with Gasteiger partial charge in [0, 0.05) is 0 Å². The third kappa shape index (κ3) is 6.80. The van der Waals surface area contributed by atoms with E-state index in [0.717, 1.165) is 0 Å². The second-order valence-corrected chi connectivity index (χ2v) is 10.2. The molecule has 0 radical (unpaired) electrons. The van der Waals surface area contributed by atoms with Crippen molar-refractivity contribution >= 4 is 0 Å².